The highest BCUT2D eigenvalue weighted by Gasteiger charge is 2.03. The monoisotopic (exact) mass is 258 g/mol. The SMILES string of the molecule is O=C(O)CC(=O)C=Cc1ccc(Cl)c(Cl)c1. The maximum absolute atomic E-state index is 11.1. The van der Waals surface area contributed by atoms with Crippen molar-refractivity contribution in [2.24, 2.45) is 0 Å². The number of carboxylic acids is 1. The largest absolute Gasteiger partial charge is 0.481 e. The molecule has 0 aliphatic carbocycles. The normalized spacial score (nSPS) is 10.6. The van der Waals surface area contributed by atoms with Gasteiger partial charge in [0.25, 0.3) is 0 Å². The summed E-state index contributed by atoms with van der Waals surface area (Å²) in [5, 5.41) is 9.18. The van der Waals surface area contributed by atoms with Crippen LogP contribution in [0.5, 0.6) is 0 Å². The molecule has 0 spiro atoms. The number of aliphatic carboxylic acids is 1. The molecule has 5 heteroatoms. The van der Waals surface area contributed by atoms with Gasteiger partial charge in [0, 0.05) is 0 Å². The lowest BCUT2D eigenvalue weighted by atomic mass is 10.2. The van der Waals surface area contributed by atoms with E-state index in [2.05, 4.69) is 0 Å². The molecule has 0 saturated heterocycles. The van der Waals surface area contributed by atoms with Crippen molar-refractivity contribution in [2.75, 3.05) is 0 Å². The summed E-state index contributed by atoms with van der Waals surface area (Å²) >= 11 is 11.5. The van der Waals surface area contributed by atoms with Crippen LogP contribution < -0.4 is 0 Å². The molecule has 1 aromatic carbocycles. The van der Waals surface area contributed by atoms with E-state index < -0.39 is 18.2 Å². The lowest BCUT2D eigenvalue weighted by Crippen LogP contribution is -2.02. The molecule has 3 nitrogen and oxygen atoms in total. The van der Waals surface area contributed by atoms with Gasteiger partial charge in [-0.3, -0.25) is 9.59 Å². The first kappa shape index (κ1) is 12.7. The molecule has 84 valence electrons. The van der Waals surface area contributed by atoms with Gasteiger partial charge in [0.1, 0.15) is 6.42 Å². The molecule has 0 saturated carbocycles. The zero-order valence-corrected chi connectivity index (χ0v) is 9.63. The summed E-state index contributed by atoms with van der Waals surface area (Å²) in [5.74, 6) is -1.62. The van der Waals surface area contributed by atoms with E-state index in [0.717, 1.165) is 0 Å². The van der Waals surface area contributed by atoms with Crippen LogP contribution in [0.4, 0.5) is 0 Å². The number of rotatable bonds is 4. The Kier molecular flexibility index (Phi) is 4.52. The van der Waals surface area contributed by atoms with Crippen LogP contribution >= 0.6 is 23.2 Å². The second kappa shape index (κ2) is 5.68. The fraction of sp³-hybridized carbons (Fsp3) is 0.0909. The minimum atomic E-state index is -1.15. The Bertz CT molecular complexity index is 453. The fourth-order valence-electron chi connectivity index (χ4n) is 1.01. The second-order valence-corrected chi connectivity index (χ2v) is 3.86. The minimum absolute atomic E-state index is 0.384. The van der Waals surface area contributed by atoms with E-state index >= 15 is 0 Å². The first-order chi connectivity index (χ1) is 7.49. The number of carbonyl (C=O) groups excluding carboxylic acids is 1. The van der Waals surface area contributed by atoms with Crippen molar-refractivity contribution < 1.29 is 14.7 Å². The molecule has 0 aliphatic rings. The number of carboxylic acid groups (broad SMARTS) is 1. The topological polar surface area (TPSA) is 54.4 Å². The number of benzene rings is 1. The van der Waals surface area contributed by atoms with E-state index in [9.17, 15) is 9.59 Å². The Balaban J connectivity index is 2.73. The Morgan fingerprint density at radius 3 is 2.50 bits per heavy atom. The third-order valence-electron chi connectivity index (χ3n) is 1.73. The highest BCUT2D eigenvalue weighted by molar-refractivity contribution is 6.42. The van der Waals surface area contributed by atoms with E-state index in [1.807, 2.05) is 0 Å². The summed E-state index contributed by atoms with van der Waals surface area (Å²) in [7, 11) is 0. The summed E-state index contributed by atoms with van der Waals surface area (Å²) in [6.45, 7) is 0. The predicted molar refractivity (Wildman–Crippen MR) is 62.8 cm³/mol. The van der Waals surface area contributed by atoms with E-state index in [4.69, 9.17) is 28.3 Å². The molecule has 0 unspecified atom stereocenters. The molecule has 16 heavy (non-hydrogen) atoms. The Morgan fingerprint density at radius 2 is 1.94 bits per heavy atom. The predicted octanol–water partition coefficient (Wildman–Crippen LogP) is 3.05. The van der Waals surface area contributed by atoms with Crippen LogP contribution in [0, 0.1) is 0 Å². The lowest BCUT2D eigenvalue weighted by molar-refractivity contribution is -0.139. The fourth-order valence-corrected chi connectivity index (χ4v) is 1.32. The third kappa shape index (κ3) is 4.04. The molecule has 0 fully saturated rings. The maximum Gasteiger partial charge on any atom is 0.311 e. The molecular weight excluding hydrogens is 251 g/mol. The molecule has 1 aromatic rings. The van der Waals surface area contributed by atoms with E-state index in [-0.39, 0.29) is 0 Å². The van der Waals surface area contributed by atoms with Gasteiger partial charge in [-0.15, -0.1) is 0 Å². The maximum atomic E-state index is 11.1. The number of halogens is 2. The zero-order chi connectivity index (χ0) is 12.1. The zero-order valence-electron chi connectivity index (χ0n) is 8.11. The lowest BCUT2D eigenvalue weighted by Gasteiger charge is -1.97. The summed E-state index contributed by atoms with van der Waals surface area (Å²) in [5.41, 5.74) is 0.688. The summed E-state index contributed by atoms with van der Waals surface area (Å²) < 4.78 is 0. The van der Waals surface area contributed by atoms with Crippen molar-refractivity contribution in [3.63, 3.8) is 0 Å². The number of ketones is 1. The quantitative estimate of drug-likeness (QED) is 0.667. The number of carbonyl (C=O) groups is 2. The van der Waals surface area contributed by atoms with E-state index in [1.165, 1.54) is 12.2 Å². The van der Waals surface area contributed by atoms with Crippen molar-refractivity contribution in [3.8, 4) is 0 Å². The number of allylic oxidation sites excluding steroid dienone is 1. The molecule has 0 bridgehead atoms. The molecule has 0 amide bonds. The van der Waals surface area contributed by atoms with Crippen LogP contribution in [-0.2, 0) is 9.59 Å². The first-order valence-electron chi connectivity index (χ1n) is 4.37. The van der Waals surface area contributed by atoms with Gasteiger partial charge in [0.15, 0.2) is 5.78 Å². The van der Waals surface area contributed by atoms with E-state index in [0.29, 0.717) is 15.6 Å². The van der Waals surface area contributed by atoms with Crippen LogP contribution in [0.3, 0.4) is 0 Å². The Labute approximate surface area is 102 Å². The van der Waals surface area contributed by atoms with Gasteiger partial charge in [0.2, 0.25) is 0 Å². The molecule has 0 aliphatic heterocycles. The smallest absolute Gasteiger partial charge is 0.311 e. The number of hydrogen-bond donors (Lipinski definition) is 1. The van der Waals surface area contributed by atoms with Gasteiger partial charge in [-0.2, -0.15) is 0 Å². The van der Waals surface area contributed by atoms with Gasteiger partial charge >= 0.3 is 5.97 Å². The third-order valence-corrected chi connectivity index (χ3v) is 2.47. The molecule has 0 heterocycles. The standard InChI is InChI=1S/C11H8Cl2O3/c12-9-4-2-7(5-10(9)13)1-3-8(14)6-11(15)16/h1-5H,6H2,(H,15,16). The van der Waals surface area contributed by atoms with Crippen LogP contribution in [-0.4, -0.2) is 16.9 Å². The first-order valence-corrected chi connectivity index (χ1v) is 5.12. The van der Waals surface area contributed by atoms with Gasteiger partial charge < -0.3 is 5.11 Å². The molecule has 0 aromatic heterocycles. The molecular formula is C11H8Cl2O3. The summed E-state index contributed by atoms with van der Waals surface area (Å²) in [6, 6.07) is 4.87. The molecule has 0 atom stereocenters. The van der Waals surface area contributed by atoms with Crippen molar-refractivity contribution >= 4 is 41.0 Å². The van der Waals surface area contributed by atoms with Crippen LogP contribution in [0.25, 0.3) is 6.08 Å². The summed E-state index contributed by atoms with van der Waals surface area (Å²) in [4.78, 5) is 21.3. The van der Waals surface area contributed by atoms with Gasteiger partial charge in [-0.25, -0.2) is 0 Å². The van der Waals surface area contributed by atoms with Crippen molar-refractivity contribution in [1.82, 2.24) is 0 Å². The van der Waals surface area contributed by atoms with Crippen molar-refractivity contribution in [1.29, 1.82) is 0 Å². The molecule has 0 radical (unpaired) electrons. The number of hydrogen-bond acceptors (Lipinski definition) is 2. The van der Waals surface area contributed by atoms with Crippen molar-refractivity contribution in [2.45, 2.75) is 6.42 Å². The van der Waals surface area contributed by atoms with Crippen molar-refractivity contribution in [3.05, 3.63) is 39.9 Å². The van der Waals surface area contributed by atoms with Crippen LogP contribution in [0.15, 0.2) is 24.3 Å². The Morgan fingerprint density at radius 1 is 1.25 bits per heavy atom. The summed E-state index contributed by atoms with van der Waals surface area (Å²) in [6.07, 6.45) is 2.18. The average Bonchev–Trinajstić information content (AvgIpc) is 2.19. The van der Waals surface area contributed by atoms with Gasteiger partial charge in [-0.05, 0) is 23.8 Å². The van der Waals surface area contributed by atoms with Crippen LogP contribution in [0.1, 0.15) is 12.0 Å². The van der Waals surface area contributed by atoms with Gasteiger partial charge in [-0.1, -0.05) is 35.3 Å². The minimum Gasteiger partial charge on any atom is -0.481 e. The van der Waals surface area contributed by atoms with E-state index in [1.54, 1.807) is 18.2 Å². The Hall–Kier alpha value is -1.32. The molecule has 1 N–H and O–H groups in total. The molecule has 1 rings (SSSR count). The highest BCUT2D eigenvalue weighted by atomic mass is 35.5. The average molecular weight is 259 g/mol. The second-order valence-electron chi connectivity index (χ2n) is 3.04. The highest BCUT2D eigenvalue weighted by Crippen LogP contribution is 2.23. The van der Waals surface area contributed by atoms with Crippen LogP contribution in [0.2, 0.25) is 10.0 Å². The van der Waals surface area contributed by atoms with Gasteiger partial charge in [0.05, 0.1) is 10.0 Å².